The van der Waals surface area contributed by atoms with Gasteiger partial charge in [0.2, 0.25) is 15.9 Å². The number of benzene rings is 1. The fraction of sp³-hybridized carbons (Fsp3) is 0.667. The largest absolute Gasteiger partial charge is 0.355 e. The molecule has 0 radical (unpaired) electrons. The highest BCUT2D eigenvalue weighted by Crippen LogP contribution is 2.35. The van der Waals surface area contributed by atoms with Crippen molar-refractivity contribution in [3.8, 4) is 0 Å². The van der Waals surface area contributed by atoms with E-state index in [1.165, 1.54) is 18.2 Å². The van der Waals surface area contributed by atoms with Crippen molar-refractivity contribution in [2.24, 2.45) is 11.3 Å². The van der Waals surface area contributed by atoms with E-state index < -0.39 is 32.7 Å². The van der Waals surface area contributed by atoms with Crippen molar-refractivity contribution in [1.82, 2.24) is 10.0 Å². The molecule has 1 fully saturated rings. The number of amides is 1. The Morgan fingerprint density at radius 1 is 1.27 bits per heavy atom. The average Bonchev–Trinajstić information content (AvgIpc) is 3.24. The van der Waals surface area contributed by atoms with Crippen LogP contribution in [0.2, 0.25) is 0 Å². The van der Waals surface area contributed by atoms with E-state index >= 15 is 0 Å². The molecular weight excluding hydrogens is 411 g/mol. The Balaban J connectivity index is 1.93. The number of hydrogen-bond acceptors (Lipinski definition) is 5. The minimum atomic E-state index is -4.17. The van der Waals surface area contributed by atoms with Gasteiger partial charge in [-0.25, -0.2) is 12.8 Å². The lowest BCUT2D eigenvalue weighted by molar-refractivity contribution is -0.131. The van der Waals surface area contributed by atoms with Crippen LogP contribution in [0.3, 0.4) is 0 Å². The molecule has 1 heterocycles. The van der Waals surface area contributed by atoms with E-state index in [2.05, 4.69) is 23.9 Å². The quantitative estimate of drug-likeness (QED) is 0.512. The summed E-state index contributed by atoms with van der Waals surface area (Å²) in [6, 6.07) is 4.08. The van der Waals surface area contributed by atoms with E-state index in [1.54, 1.807) is 13.8 Å². The maximum atomic E-state index is 13.9. The molecule has 0 aliphatic carbocycles. The summed E-state index contributed by atoms with van der Waals surface area (Å²) < 4.78 is 52.7. The summed E-state index contributed by atoms with van der Waals surface area (Å²) in [6.45, 7) is 9.23. The van der Waals surface area contributed by atoms with Crippen molar-refractivity contribution in [2.45, 2.75) is 64.2 Å². The van der Waals surface area contributed by atoms with Crippen LogP contribution in [0, 0.1) is 17.2 Å². The Morgan fingerprint density at radius 3 is 2.47 bits per heavy atom. The Bertz CT molecular complexity index is 811. The summed E-state index contributed by atoms with van der Waals surface area (Å²) in [5, 5.41) is 2.80. The number of carbonyl (C=O) groups is 1. The number of sulfonamides is 1. The van der Waals surface area contributed by atoms with Gasteiger partial charge in [-0.2, -0.15) is 4.72 Å². The number of rotatable bonds is 11. The monoisotopic (exact) mass is 444 g/mol. The molecule has 1 aliphatic heterocycles. The van der Waals surface area contributed by atoms with Crippen LogP contribution in [0.4, 0.5) is 4.39 Å². The first-order chi connectivity index (χ1) is 14.1. The molecule has 2 N–H and O–H groups in total. The van der Waals surface area contributed by atoms with Crippen LogP contribution < -0.4 is 10.0 Å². The van der Waals surface area contributed by atoms with Crippen LogP contribution in [-0.4, -0.2) is 46.4 Å². The molecule has 1 saturated heterocycles. The van der Waals surface area contributed by atoms with Crippen molar-refractivity contribution in [3.05, 3.63) is 30.1 Å². The predicted octanol–water partition coefficient (Wildman–Crippen LogP) is 2.81. The third-order valence-electron chi connectivity index (χ3n) is 5.58. The molecule has 0 aromatic heterocycles. The lowest BCUT2D eigenvalue weighted by Crippen LogP contribution is -2.50. The SMILES string of the molecule is CC[C@](C)(CCCNC(=O)[C@@H](NS(=O)(=O)c1ccccc1F)C(C)C)C1OCCO1. The van der Waals surface area contributed by atoms with Gasteiger partial charge in [-0.3, -0.25) is 4.79 Å². The molecular formula is C21H33FN2O5S. The van der Waals surface area contributed by atoms with Gasteiger partial charge >= 0.3 is 0 Å². The van der Waals surface area contributed by atoms with E-state index in [-0.39, 0.29) is 17.6 Å². The first-order valence-electron chi connectivity index (χ1n) is 10.4. The van der Waals surface area contributed by atoms with Crippen LogP contribution >= 0.6 is 0 Å². The Morgan fingerprint density at radius 2 is 1.90 bits per heavy atom. The minimum absolute atomic E-state index is 0.148. The third kappa shape index (κ3) is 6.23. The number of carbonyl (C=O) groups excluding carboxylic acids is 1. The molecule has 1 aromatic rings. The van der Waals surface area contributed by atoms with Crippen LogP contribution in [0.15, 0.2) is 29.2 Å². The maximum absolute atomic E-state index is 13.9. The molecule has 1 aliphatic rings. The highest BCUT2D eigenvalue weighted by atomic mass is 32.2. The third-order valence-corrected chi connectivity index (χ3v) is 7.05. The first kappa shape index (κ1) is 24.7. The lowest BCUT2D eigenvalue weighted by atomic mass is 9.82. The van der Waals surface area contributed by atoms with Crippen molar-refractivity contribution in [1.29, 1.82) is 0 Å². The van der Waals surface area contributed by atoms with E-state index in [0.29, 0.717) is 26.2 Å². The van der Waals surface area contributed by atoms with Gasteiger partial charge in [0.1, 0.15) is 16.8 Å². The molecule has 1 aromatic carbocycles. The lowest BCUT2D eigenvalue weighted by Gasteiger charge is -2.33. The minimum Gasteiger partial charge on any atom is -0.355 e. The smallest absolute Gasteiger partial charge is 0.244 e. The summed E-state index contributed by atoms with van der Waals surface area (Å²) in [5.74, 6) is -1.60. The van der Waals surface area contributed by atoms with Crippen LogP contribution in [0.1, 0.15) is 47.0 Å². The van der Waals surface area contributed by atoms with Crippen LogP contribution in [0.25, 0.3) is 0 Å². The van der Waals surface area contributed by atoms with Gasteiger partial charge in [0.05, 0.1) is 13.2 Å². The topological polar surface area (TPSA) is 93.7 Å². The number of halogens is 1. The number of nitrogens with one attached hydrogen (secondary N) is 2. The van der Waals surface area contributed by atoms with Gasteiger partial charge < -0.3 is 14.8 Å². The zero-order valence-corrected chi connectivity index (χ0v) is 18.9. The second-order valence-electron chi connectivity index (χ2n) is 8.25. The second-order valence-corrected chi connectivity index (χ2v) is 9.93. The molecule has 170 valence electrons. The molecule has 2 atom stereocenters. The number of ether oxygens (including phenoxy) is 2. The molecule has 30 heavy (non-hydrogen) atoms. The Hall–Kier alpha value is -1.55. The maximum Gasteiger partial charge on any atom is 0.244 e. The fourth-order valence-corrected chi connectivity index (χ4v) is 4.84. The van der Waals surface area contributed by atoms with Crippen LogP contribution in [-0.2, 0) is 24.3 Å². The van der Waals surface area contributed by atoms with E-state index in [0.717, 1.165) is 18.9 Å². The normalized spacial score (nSPS) is 18.3. The summed E-state index contributed by atoms with van der Waals surface area (Å²) in [7, 11) is -4.17. The molecule has 2 rings (SSSR count). The molecule has 0 spiro atoms. The summed E-state index contributed by atoms with van der Waals surface area (Å²) in [6.07, 6.45) is 2.13. The summed E-state index contributed by atoms with van der Waals surface area (Å²) in [4.78, 5) is 12.2. The van der Waals surface area contributed by atoms with Gasteiger partial charge in [-0.15, -0.1) is 0 Å². The molecule has 0 saturated carbocycles. The zero-order chi connectivity index (χ0) is 22.4. The van der Waals surface area contributed by atoms with Gasteiger partial charge in [0.25, 0.3) is 0 Å². The standard InChI is InChI=1S/C21H33FN2O5S/c1-5-21(4,20-28-13-14-29-20)11-8-12-23-19(25)18(15(2)3)24-30(26,27)17-10-7-6-9-16(17)22/h6-7,9-10,15,18,20,24H,5,8,11-14H2,1-4H3,(H,23,25)/t18-,21+/m0/s1. The molecule has 1 amide bonds. The predicted molar refractivity (Wildman–Crippen MR) is 112 cm³/mol. The Labute approximate surface area is 178 Å². The molecule has 7 nitrogen and oxygen atoms in total. The summed E-state index contributed by atoms with van der Waals surface area (Å²) >= 11 is 0. The van der Waals surface area contributed by atoms with E-state index in [1.807, 2.05) is 0 Å². The molecule has 0 unspecified atom stereocenters. The van der Waals surface area contributed by atoms with Gasteiger partial charge in [-0.1, -0.05) is 39.8 Å². The van der Waals surface area contributed by atoms with Crippen molar-refractivity contribution in [3.63, 3.8) is 0 Å². The van der Waals surface area contributed by atoms with Crippen molar-refractivity contribution >= 4 is 15.9 Å². The van der Waals surface area contributed by atoms with Gasteiger partial charge in [0.15, 0.2) is 6.29 Å². The fourth-order valence-electron chi connectivity index (χ4n) is 3.42. The highest BCUT2D eigenvalue weighted by molar-refractivity contribution is 7.89. The van der Waals surface area contributed by atoms with E-state index in [9.17, 15) is 17.6 Å². The van der Waals surface area contributed by atoms with Crippen molar-refractivity contribution < 1.29 is 27.1 Å². The average molecular weight is 445 g/mol. The summed E-state index contributed by atoms with van der Waals surface area (Å²) in [5.41, 5.74) is -0.148. The zero-order valence-electron chi connectivity index (χ0n) is 18.1. The number of hydrogen-bond donors (Lipinski definition) is 2. The molecule has 9 heteroatoms. The van der Waals surface area contributed by atoms with E-state index in [4.69, 9.17) is 9.47 Å². The van der Waals surface area contributed by atoms with Crippen LogP contribution in [0.5, 0.6) is 0 Å². The Kier molecular flexibility index (Phi) is 8.78. The first-order valence-corrected chi connectivity index (χ1v) is 11.9. The second kappa shape index (κ2) is 10.7. The van der Waals surface area contributed by atoms with Gasteiger partial charge in [0, 0.05) is 12.0 Å². The molecule has 0 bridgehead atoms. The highest BCUT2D eigenvalue weighted by Gasteiger charge is 2.36. The van der Waals surface area contributed by atoms with Gasteiger partial charge in [-0.05, 0) is 37.3 Å². The van der Waals surface area contributed by atoms with Crippen molar-refractivity contribution in [2.75, 3.05) is 19.8 Å².